The lowest BCUT2D eigenvalue weighted by atomic mass is 9.92. The van der Waals surface area contributed by atoms with Gasteiger partial charge in [0.15, 0.2) is 0 Å². The lowest BCUT2D eigenvalue weighted by Crippen LogP contribution is -2.00. The minimum absolute atomic E-state index is 0.484. The van der Waals surface area contributed by atoms with E-state index in [2.05, 4.69) is 30.1 Å². The van der Waals surface area contributed by atoms with E-state index in [0.29, 0.717) is 5.41 Å². The van der Waals surface area contributed by atoms with Gasteiger partial charge in [0.25, 0.3) is 0 Å². The molecule has 0 unspecified atom stereocenters. The van der Waals surface area contributed by atoms with Crippen molar-refractivity contribution in [3.8, 4) is 0 Å². The van der Waals surface area contributed by atoms with Crippen LogP contribution in [-0.2, 0) is 18.3 Å². The number of aryl methyl sites for hydroxylation is 2. The molecule has 1 fully saturated rings. The second kappa shape index (κ2) is 2.71. The maximum Gasteiger partial charge on any atom is 0.0461 e. The first-order valence-corrected chi connectivity index (χ1v) is 6.41. The molecule has 1 heteroatoms. The molecule has 1 N–H and O–H groups in total. The summed E-state index contributed by atoms with van der Waals surface area (Å²) in [7, 11) is 0. The summed E-state index contributed by atoms with van der Waals surface area (Å²) >= 11 is 0. The van der Waals surface area contributed by atoms with Gasteiger partial charge in [-0.15, -0.1) is 0 Å². The van der Waals surface area contributed by atoms with E-state index in [0.717, 1.165) is 0 Å². The van der Waals surface area contributed by atoms with Crippen molar-refractivity contribution in [3.63, 3.8) is 0 Å². The standard InChI is InChI=1S/C15H17N/c1-15(8-9-15)11-5-3-7-13-14(11)10-4-2-6-12(10)16-13/h3,5,7,16H,2,4,6,8-9H2,1H3. The number of nitrogens with one attached hydrogen (secondary N) is 1. The summed E-state index contributed by atoms with van der Waals surface area (Å²) < 4.78 is 0. The quantitative estimate of drug-likeness (QED) is 0.740. The molecule has 1 aromatic heterocycles. The number of rotatable bonds is 1. The molecular formula is C15H17N. The minimum atomic E-state index is 0.484. The number of aromatic nitrogens is 1. The molecule has 1 aromatic carbocycles. The largest absolute Gasteiger partial charge is 0.358 e. The van der Waals surface area contributed by atoms with E-state index < -0.39 is 0 Å². The Morgan fingerprint density at radius 2 is 2.06 bits per heavy atom. The fraction of sp³-hybridized carbons (Fsp3) is 0.467. The van der Waals surface area contributed by atoms with Gasteiger partial charge in [-0.05, 0) is 54.7 Å². The third kappa shape index (κ3) is 1.01. The van der Waals surface area contributed by atoms with E-state index in [9.17, 15) is 0 Å². The fourth-order valence-electron chi connectivity index (χ4n) is 3.26. The number of H-pyrrole nitrogens is 1. The molecule has 0 saturated heterocycles. The van der Waals surface area contributed by atoms with Gasteiger partial charge in [-0.1, -0.05) is 19.1 Å². The molecule has 1 saturated carbocycles. The number of benzene rings is 1. The summed E-state index contributed by atoms with van der Waals surface area (Å²) in [4.78, 5) is 3.62. The molecule has 0 atom stereocenters. The fourth-order valence-corrected chi connectivity index (χ4v) is 3.26. The predicted octanol–water partition coefficient (Wildman–Crippen LogP) is 3.71. The second-order valence-electron chi connectivity index (χ2n) is 5.72. The van der Waals surface area contributed by atoms with Gasteiger partial charge in [-0.25, -0.2) is 0 Å². The Balaban J connectivity index is 2.08. The molecule has 1 nitrogen and oxygen atoms in total. The van der Waals surface area contributed by atoms with E-state index in [-0.39, 0.29) is 0 Å². The van der Waals surface area contributed by atoms with Crippen molar-refractivity contribution in [2.24, 2.45) is 0 Å². The minimum Gasteiger partial charge on any atom is -0.358 e. The van der Waals surface area contributed by atoms with Crippen LogP contribution in [0.15, 0.2) is 18.2 Å². The number of fused-ring (bicyclic) bond motifs is 3. The molecule has 0 aliphatic heterocycles. The van der Waals surface area contributed by atoms with Gasteiger partial charge in [0.2, 0.25) is 0 Å². The Hall–Kier alpha value is -1.24. The molecule has 2 aromatic rings. The monoisotopic (exact) mass is 211 g/mol. The first kappa shape index (κ1) is 8.86. The topological polar surface area (TPSA) is 15.8 Å². The summed E-state index contributed by atoms with van der Waals surface area (Å²) in [6.45, 7) is 2.41. The molecule has 2 aliphatic rings. The maximum atomic E-state index is 3.62. The molecule has 16 heavy (non-hydrogen) atoms. The Kier molecular flexibility index (Phi) is 1.50. The second-order valence-corrected chi connectivity index (χ2v) is 5.72. The lowest BCUT2D eigenvalue weighted by Gasteiger charge is -2.11. The van der Waals surface area contributed by atoms with Crippen molar-refractivity contribution < 1.29 is 0 Å². The maximum absolute atomic E-state index is 3.62. The summed E-state index contributed by atoms with van der Waals surface area (Å²) in [6, 6.07) is 6.80. The highest BCUT2D eigenvalue weighted by Crippen LogP contribution is 2.51. The van der Waals surface area contributed by atoms with Crippen LogP contribution in [0.2, 0.25) is 0 Å². The van der Waals surface area contributed by atoms with E-state index >= 15 is 0 Å². The molecule has 0 radical (unpaired) electrons. The first-order valence-electron chi connectivity index (χ1n) is 6.41. The Morgan fingerprint density at radius 3 is 2.88 bits per heavy atom. The van der Waals surface area contributed by atoms with Crippen molar-refractivity contribution >= 4 is 10.9 Å². The van der Waals surface area contributed by atoms with Gasteiger partial charge in [0.05, 0.1) is 0 Å². The van der Waals surface area contributed by atoms with Crippen LogP contribution in [0.25, 0.3) is 10.9 Å². The summed E-state index contributed by atoms with van der Waals surface area (Å²) in [5.41, 5.74) is 6.59. The normalized spacial score (nSPS) is 21.3. The molecule has 0 bridgehead atoms. The van der Waals surface area contributed by atoms with Crippen LogP contribution >= 0.6 is 0 Å². The predicted molar refractivity (Wildman–Crippen MR) is 66.9 cm³/mol. The van der Waals surface area contributed by atoms with Crippen molar-refractivity contribution in [2.75, 3.05) is 0 Å². The van der Waals surface area contributed by atoms with E-state index in [4.69, 9.17) is 0 Å². The SMILES string of the molecule is CC1(c2cccc3[nH]c4c(c23)CCC4)CC1. The number of hydrogen-bond donors (Lipinski definition) is 1. The zero-order valence-corrected chi connectivity index (χ0v) is 9.77. The molecule has 4 rings (SSSR count). The van der Waals surface area contributed by atoms with Crippen LogP contribution in [0.3, 0.4) is 0 Å². The van der Waals surface area contributed by atoms with E-state index in [1.807, 2.05) is 0 Å². The highest BCUT2D eigenvalue weighted by molar-refractivity contribution is 5.89. The van der Waals surface area contributed by atoms with Crippen LogP contribution in [0.4, 0.5) is 0 Å². The molecule has 2 aliphatic carbocycles. The molecular weight excluding hydrogens is 194 g/mol. The van der Waals surface area contributed by atoms with Crippen LogP contribution < -0.4 is 0 Å². The highest BCUT2D eigenvalue weighted by Gasteiger charge is 2.41. The Morgan fingerprint density at radius 1 is 1.19 bits per heavy atom. The van der Waals surface area contributed by atoms with Crippen molar-refractivity contribution in [1.29, 1.82) is 0 Å². The van der Waals surface area contributed by atoms with Crippen LogP contribution in [-0.4, -0.2) is 4.98 Å². The zero-order chi connectivity index (χ0) is 10.8. The Bertz CT molecular complexity index is 572. The summed E-state index contributed by atoms with van der Waals surface area (Å²) in [5, 5.41) is 1.56. The van der Waals surface area contributed by atoms with Crippen molar-refractivity contribution in [1.82, 2.24) is 4.98 Å². The summed E-state index contributed by atoms with van der Waals surface area (Å²) in [5.74, 6) is 0. The molecule has 0 spiro atoms. The van der Waals surface area contributed by atoms with Gasteiger partial charge in [-0.2, -0.15) is 0 Å². The number of hydrogen-bond acceptors (Lipinski definition) is 0. The lowest BCUT2D eigenvalue weighted by molar-refractivity contribution is 0.795. The smallest absolute Gasteiger partial charge is 0.0461 e. The average Bonchev–Trinajstić information content (AvgIpc) is 2.75. The average molecular weight is 211 g/mol. The van der Waals surface area contributed by atoms with E-state index in [1.54, 1.807) is 16.5 Å². The molecule has 82 valence electrons. The summed E-state index contributed by atoms with van der Waals surface area (Å²) in [6.07, 6.45) is 6.60. The zero-order valence-electron chi connectivity index (χ0n) is 9.77. The first-order chi connectivity index (χ1) is 7.78. The Labute approximate surface area is 95.9 Å². The molecule has 1 heterocycles. The van der Waals surface area contributed by atoms with Crippen molar-refractivity contribution in [2.45, 2.75) is 44.4 Å². The number of aromatic amines is 1. The van der Waals surface area contributed by atoms with Crippen molar-refractivity contribution in [3.05, 3.63) is 35.0 Å². The van der Waals surface area contributed by atoms with Gasteiger partial charge in [0.1, 0.15) is 0 Å². The van der Waals surface area contributed by atoms with E-state index in [1.165, 1.54) is 43.3 Å². The van der Waals surface area contributed by atoms with Crippen LogP contribution in [0.1, 0.15) is 43.0 Å². The van der Waals surface area contributed by atoms with Gasteiger partial charge >= 0.3 is 0 Å². The third-order valence-electron chi connectivity index (χ3n) is 4.52. The van der Waals surface area contributed by atoms with Gasteiger partial charge in [-0.3, -0.25) is 0 Å². The van der Waals surface area contributed by atoms with Crippen LogP contribution in [0.5, 0.6) is 0 Å². The highest BCUT2D eigenvalue weighted by atomic mass is 14.7. The van der Waals surface area contributed by atoms with Gasteiger partial charge in [0, 0.05) is 16.6 Å². The molecule has 0 amide bonds. The van der Waals surface area contributed by atoms with Crippen LogP contribution in [0, 0.1) is 0 Å². The van der Waals surface area contributed by atoms with Gasteiger partial charge < -0.3 is 4.98 Å². The third-order valence-corrected chi connectivity index (χ3v) is 4.52.